The smallest absolute Gasteiger partial charge is 0.321 e. The molecule has 0 spiro atoms. The van der Waals surface area contributed by atoms with Gasteiger partial charge in [0.05, 0.1) is 32.6 Å². The fraction of sp³-hybridized carbons (Fsp3) is 0.214. The molecule has 1 N–H and O–H groups in total. The lowest BCUT2D eigenvalue weighted by Gasteiger charge is -2.10. The predicted molar refractivity (Wildman–Crippen MR) is 76.4 cm³/mol. The summed E-state index contributed by atoms with van der Waals surface area (Å²) in [7, 11) is -1.24. The van der Waals surface area contributed by atoms with Gasteiger partial charge >= 0.3 is 6.18 Å². The zero-order chi connectivity index (χ0) is 16.6. The maximum atomic E-state index is 12.5. The number of nitrogens with one attached hydrogen (secondary N) is 1. The molecule has 1 amide bonds. The molecule has 0 radical (unpaired) electrons. The highest BCUT2D eigenvalue weighted by molar-refractivity contribution is 7.85. The Kier molecular flexibility index (Phi) is 3.88. The fourth-order valence-electron chi connectivity index (χ4n) is 2.20. The molecule has 0 bridgehead atoms. The summed E-state index contributed by atoms with van der Waals surface area (Å²) in [6.07, 6.45) is -1.65. The van der Waals surface area contributed by atoms with Gasteiger partial charge in [-0.1, -0.05) is 0 Å². The second kappa shape index (κ2) is 5.73. The Hall–Kier alpha value is -2.29. The van der Waals surface area contributed by atoms with Gasteiger partial charge in [-0.15, -0.1) is 0 Å². The molecule has 1 atom stereocenters. The van der Waals surface area contributed by atoms with Crippen molar-refractivity contribution in [3.05, 3.63) is 47.5 Å². The van der Waals surface area contributed by atoms with E-state index in [0.29, 0.717) is 28.5 Å². The molecule has 0 saturated carbocycles. The quantitative estimate of drug-likeness (QED) is 0.910. The van der Waals surface area contributed by atoms with Crippen LogP contribution >= 0.6 is 0 Å². The highest BCUT2D eigenvalue weighted by Crippen LogP contribution is 2.29. The van der Waals surface area contributed by atoms with E-state index in [1.807, 2.05) is 0 Å². The van der Waals surface area contributed by atoms with E-state index in [0.717, 1.165) is 18.3 Å². The third kappa shape index (κ3) is 3.09. The van der Waals surface area contributed by atoms with Gasteiger partial charge in [0.25, 0.3) is 5.91 Å². The fourth-order valence-corrected chi connectivity index (χ4v) is 3.57. The zero-order valence-corrected chi connectivity index (χ0v) is 12.4. The van der Waals surface area contributed by atoms with Gasteiger partial charge in [-0.3, -0.25) is 19.0 Å². The van der Waals surface area contributed by atoms with Crippen molar-refractivity contribution in [1.29, 1.82) is 0 Å². The molecule has 0 saturated heterocycles. The third-order valence-corrected chi connectivity index (χ3v) is 4.78. The Bertz CT molecular complexity index is 791. The number of amides is 1. The van der Waals surface area contributed by atoms with Crippen molar-refractivity contribution in [2.24, 2.45) is 0 Å². The maximum Gasteiger partial charge on any atom is 0.433 e. The van der Waals surface area contributed by atoms with Crippen molar-refractivity contribution < 1.29 is 22.2 Å². The van der Waals surface area contributed by atoms with E-state index < -0.39 is 28.6 Å². The number of alkyl halides is 3. The average molecular weight is 341 g/mol. The summed E-state index contributed by atoms with van der Waals surface area (Å²) in [5.74, 6) is -0.180. The maximum absolute atomic E-state index is 12.5. The summed E-state index contributed by atoms with van der Waals surface area (Å²) in [6, 6.07) is 3.30. The number of fused-ring (bicyclic) bond motifs is 1. The summed E-state index contributed by atoms with van der Waals surface area (Å²) >= 11 is 0. The summed E-state index contributed by atoms with van der Waals surface area (Å²) in [5.41, 5.74) is -0.0743. The standard InChI is InChI=1S/C14H10F3N3O2S/c15-14(16,17)11-2-1-8(7-19-11)13(21)20-10-3-5-18-9-4-6-23(22)12(9)10/h1-3,5,7H,4,6H2,(H,18,20,21). The number of carbonyl (C=O) groups is 1. The van der Waals surface area contributed by atoms with Crippen LogP contribution in [0.5, 0.6) is 0 Å². The van der Waals surface area contributed by atoms with Gasteiger partial charge in [-0.2, -0.15) is 13.2 Å². The van der Waals surface area contributed by atoms with Crippen LogP contribution in [0.3, 0.4) is 0 Å². The van der Waals surface area contributed by atoms with E-state index in [9.17, 15) is 22.2 Å². The van der Waals surface area contributed by atoms with Crippen LogP contribution in [0, 0.1) is 0 Å². The molecule has 1 unspecified atom stereocenters. The van der Waals surface area contributed by atoms with E-state index in [2.05, 4.69) is 15.3 Å². The van der Waals surface area contributed by atoms with Crippen molar-refractivity contribution in [3.8, 4) is 0 Å². The largest absolute Gasteiger partial charge is 0.433 e. The number of hydrogen-bond donors (Lipinski definition) is 1. The molecule has 3 heterocycles. The van der Waals surface area contributed by atoms with Gasteiger partial charge in [0, 0.05) is 24.6 Å². The number of hydrogen-bond acceptors (Lipinski definition) is 4. The van der Waals surface area contributed by atoms with Crippen LogP contribution in [0.15, 0.2) is 35.5 Å². The minimum absolute atomic E-state index is 0.0210. The average Bonchev–Trinajstić information content (AvgIpc) is 2.89. The number of halogens is 3. The van der Waals surface area contributed by atoms with Crippen molar-refractivity contribution in [3.63, 3.8) is 0 Å². The number of aromatic nitrogens is 2. The molecule has 0 aromatic carbocycles. The van der Waals surface area contributed by atoms with Gasteiger partial charge in [0.1, 0.15) is 5.69 Å². The number of aryl methyl sites for hydroxylation is 1. The molecule has 9 heteroatoms. The topological polar surface area (TPSA) is 72.0 Å². The van der Waals surface area contributed by atoms with Gasteiger partial charge in [-0.25, -0.2) is 0 Å². The number of nitrogens with zero attached hydrogens (tertiary/aromatic N) is 2. The Morgan fingerprint density at radius 2 is 2.00 bits per heavy atom. The summed E-state index contributed by atoms with van der Waals surface area (Å²) in [6.45, 7) is 0. The molecule has 3 rings (SSSR count). The summed E-state index contributed by atoms with van der Waals surface area (Å²) in [4.78, 5) is 20.0. The SMILES string of the molecule is O=C(Nc1ccnc2c1S(=O)CC2)c1ccc(C(F)(F)F)nc1. The molecule has 0 aliphatic carbocycles. The molecule has 2 aromatic rings. The normalized spacial score (nSPS) is 16.9. The van der Waals surface area contributed by atoms with Crippen molar-refractivity contribution >= 4 is 22.4 Å². The predicted octanol–water partition coefficient (Wildman–Crippen LogP) is 2.41. The van der Waals surface area contributed by atoms with Crippen LogP contribution in [0.2, 0.25) is 0 Å². The molecule has 120 valence electrons. The molecule has 1 aliphatic rings. The third-order valence-electron chi connectivity index (χ3n) is 3.29. The van der Waals surface area contributed by atoms with E-state index in [-0.39, 0.29) is 5.56 Å². The van der Waals surface area contributed by atoms with Crippen LogP contribution in [0.1, 0.15) is 21.7 Å². The Morgan fingerprint density at radius 1 is 1.22 bits per heavy atom. The number of carbonyl (C=O) groups excluding carboxylic acids is 1. The van der Waals surface area contributed by atoms with Crippen molar-refractivity contribution in [1.82, 2.24) is 9.97 Å². The Labute approximate surface area is 131 Å². The highest BCUT2D eigenvalue weighted by atomic mass is 32.2. The summed E-state index contributed by atoms with van der Waals surface area (Å²) in [5, 5.41) is 2.55. The first-order chi connectivity index (χ1) is 10.9. The van der Waals surface area contributed by atoms with Crippen LogP contribution in [-0.2, 0) is 23.4 Å². The van der Waals surface area contributed by atoms with Crippen LogP contribution in [0.4, 0.5) is 18.9 Å². The number of rotatable bonds is 2. The minimum atomic E-state index is -4.56. The van der Waals surface area contributed by atoms with Crippen LogP contribution in [-0.4, -0.2) is 25.8 Å². The van der Waals surface area contributed by atoms with Gasteiger partial charge in [-0.05, 0) is 18.2 Å². The van der Waals surface area contributed by atoms with E-state index in [4.69, 9.17) is 0 Å². The summed E-state index contributed by atoms with van der Waals surface area (Å²) < 4.78 is 49.3. The van der Waals surface area contributed by atoms with Crippen LogP contribution in [0.25, 0.3) is 0 Å². The lowest BCUT2D eigenvalue weighted by atomic mass is 10.2. The Morgan fingerprint density at radius 3 is 2.65 bits per heavy atom. The molecular formula is C14H10F3N3O2S. The molecular weight excluding hydrogens is 331 g/mol. The lowest BCUT2D eigenvalue weighted by molar-refractivity contribution is -0.141. The van der Waals surface area contributed by atoms with Crippen LogP contribution < -0.4 is 5.32 Å². The second-order valence-corrected chi connectivity index (χ2v) is 6.33. The van der Waals surface area contributed by atoms with Crippen molar-refractivity contribution in [2.45, 2.75) is 17.5 Å². The highest BCUT2D eigenvalue weighted by Gasteiger charge is 2.32. The zero-order valence-electron chi connectivity index (χ0n) is 11.6. The minimum Gasteiger partial charge on any atom is -0.321 e. The first-order valence-corrected chi connectivity index (χ1v) is 7.89. The number of anilines is 1. The van der Waals surface area contributed by atoms with Crippen molar-refractivity contribution in [2.75, 3.05) is 11.1 Å². The van der Waals surface area contributed by atoms with Gasteiger partial charge in [0.15, 0.2) is 0 Å². The van der Waals surface area contributed by atoms with Gasteiger partial charge < -0.3 is 5.32 Å². The molecule has 23 heavy (non-hydrogen) atoms. The van der Waals surface area contributed by atoms with E-state index in [1.165, 1.54) is 12.3 Å². The Balaban J connectivity index is 1.83. The molecule has 2 aromatic heterocycles. The lowest BCUT2D eigenvalue weighted by Crippen LogP contribution is -2.15. The molecule has 1 aliphatic heterocycles. The first kappa shape index (κ1) is 15.6. The molecule has 0 fully saturated rings. The van der Waals surface area contributed by atoms with E-state index in [1.54, 1.807) is 0 Å². The molecule has 5 nitrogen and oxygen atoms in total. The van der Waals surface area contributed by atoms with E-state index >= 15 is 0 Å². The monoisotopic (exact) mass is 341 g/mol. The second-order valence-electron chi connectivity index (χ2n) is 4.82. The van der Waals surface area contributed by atoms with Gasteiger partial charge in [0.2, 0.25) is 0 Å². The number of pyridine rings is 2. The first-order valence-electron chi connectivity index (χ1n) is 6.57.